The van der Waals surface area contributed by atoms with Gasteiger partial charge in [0.1, 0.15) is 48.3 Å². The third-order valence-electron chi connectivity index (χ3n) is 25.0. The number of aldehydes is 1. The largest absolute Gasteiger partial charge is 0.432 e. The minimum Gasteiger partial charge on any atom is -0.432 e. The van der Waals surface area contributed by atoms with Gasteiger partial charge in [-0.1, -0.05) is 165 Å². The highest BCUT2D eigenvalue weighted by Crippen LogP contribution is 2.76. The lowest BCUT2D eigenvalue weighted by Gasteiger charge is -2.71. The van der Waals surface area contributed by atoms with Crippen LogP contribution in [0, 0.1) is 68.0 Å². The summed E-state index contributed by atoms with van der Waals surface area (Å²) in [6.45, 7) is 28.2. The molecule has 15 heteroatoms. The van der Waals surface area contributed by atoms with E-state index in [1.807, 2.05) is 94.4 Å². The van der Waals surface area contributed by atoms with Crippen LogP contribution >= 0.6 is 0 Å². The molecule has 90 heavy (non-hydrogen) atoms. The van der Waals surface area contributed by atoms with Crippen molar-refractivity contribution in [1.29, 1.82) is 0 Å². The third-order valence-corrected chi connectivity index (χ3v) is 25.0. The zero-order valence-electron chi connectivity index (χ0n) is 56.0. The first-order chi connectivity index (χ1) is 42.9. The first-order valence-electron chi connectivity index (χ1n) is 34.1. The second-order valence-electron chi connectivity index (χ2n) is 31.1. The zero-order chi connectivity index (χ0) is 63.8. The number of esters is 1. The summed E-state index contributed by atoms with van der Waals surface area (Å²) in [6, 6.07) is 29.7. The minimum absolute atomic E-state index is 0.0134. The van der Waals surface area contributed by atoms with Gasteiger partial charge >= 0.3 is 5.97 Å². The van der Waals surface area contributed by atoms with Gasteiger partial charge in [-0.05, 0) is 141 Å². The fourth-order valence-corrected chi connectivity index (χ4v) is 19.3. The van der Waals surface area contributed by atoms with Gasteiger partial charge in [-0.15, -0.1) is 0 Å². The van der Waals surface area contributed by atoms with Crippen molar-refractivity contribution in [1.82, 2.24) is 0 Å². The topological polar surface area (TPSA) is 171 Å². The molecule has 15 nitrogen and oxygen atoms in total. The Labute approximate surface area is 536 Å². The van der Waals surface area contributed by atoms with Gasteiger partial charge in [0.15, 0.2) is 18.4 Å². The molecule has 0 amide bonds. The van der Waals surface area contributed by atoms with Crippen molar-refractivity contribution < 1.29 is 66.4 Å². The van der Waals surface area contributed by atoms with Crippen LogP contribution in [0.2, 0.25) is 0 Å². The van der Waals surface area contributed by atoms with Crippen molar-refractivity contribution in [3.63, 3.8) is 0 Å². The average Bonchev–Trinajstić information content (AvgIpc) is 0.758. The predicted molar refractivity (Wildman–Crippen MR) is 340 cm³/mol. The number of hydrogen-bond acceptors (Lipinski definition) is 15. The molecule has 0 radical (unpaired) electrons. The third kappa shape index (κ3) is 11.9. The van der Waals surface area contributed by atoms with Crippen LogP contribution in [0.25, 0.3) is 0 Å². The van der Waals surface area contributed by atoms with Crippen LogP contribution in [0.4, 0.5) is 0 Å². The molecule has 9 aliphatic rings. The van der Waals surface area contributed by atoms with Gasteiger partial charge in [0.05, 0.1) is 51.3 Å². The van der Waals surface area contributed by atoms with Crippen molar-refractivity contribution in [3.05, 3.63) is 119 Å². The molecule has 4 saturated carbocycles. The van der Waals surface area contributed by atoms with Gasteiger partial charge in [0.2, 0.25) is 6.29 Å². The number of allylic oxidation sites excluding steroid dienone is 2. The molecule has 12 unspecified atom stereocenters. The van der Waals surface area contributed by atoms with E-state index in [1.165, 1.54) is 11.9 Å². The average molecular weight is 1240 g/mol. The van der Waals surface area contributed by atoms with Crippen molar-refractivity contribution in [3.8, 4) is 0 Å². The predicted octanol–water partition coefficient (Wildman–Crippen LogP) is 12.9. The SMILES string of the molecule is COC1C[C@]2(C)C(=CCC3C4(C)CC[C@H](C)[C@](C)(C=O)[C@@H]4CC[C@@]32C)C2CC(C)(C)CC[C@]12C(=O)O[C@@H]1OC(COCc2ccccc2)[C@H](N)C(C)C1O[C@@H]1OC(C)[C@H](O[C@@H]2OC[C@@H](OCc3ccccc3)C(OCc3ccccc3)C2C)C2OC(C)(C)OC21. The van der Waals surface area contributed by atoms with Crippen LogP contribution in [0.5, 0.6) is 0 Å². The highest BCUT2D eigenvalue weighted by molar-refractivity contribution is 5.80. The monoisotopic (exact) mass is 1240 g/mol. The van der Waals surface area contributed by atoms with Crippen molar-refractivity contribution in [2.75, 3.05) is 20.3 Å². The molecule has 5 aliphatic carbocycles. The van der Waals surface area contributed by atoms with E-state index in [-0.39, 0.29) is 70.3 Å². The normalized spacial score (nSPS) is 44.3. The maximum atomic E-state index is 16.4. The van der Waals surface area contributed by atoms with Crippen molar-refractivity contribution >= 4 is 12.3 Å². The fourth-order valence-electron chi connectivity index (χ4n) is 19.3. The molecule has 4 saturated heterocycles. The standard InChI is InChI=1S/C75H105NO14/c1-45-31-33-71(9)56(72(45,10)44-77)32-34-73(11)57(71)30-29-52-53-37-69(5,6)35-36-75(53,58(79-13)38-74(52,73)12)68(78)88-66-61(46(2)59(76)54(85-66)42-80-39-49-23-17-14-18-24-49)86-67-64-63(89-70(7,8)90-64)62(48(4)84-67)87-65-47(3)60(82-41-51-27-21-16-22-28-51)55(43-83-65)81-40-50-25-19-15-20-26-50/h14-29,44-48,53-67H,30-43,76H2,1-13H3/t45-,46?,47?,48?,53?,54?,55+,56+,57?,58?,59+,60?,61?,62-,63?,64?,65-,66-,67-,71?,72-,73-,74+,75+/m0/s1. The number of carbonyl (C=O) groups is 2. The summed E-state index contributed by atoms with van der Waals surface area (Å²) in [6.07, 6.45) is 3.33. The summed E-state index contributed by atoms with van der Waals surface area (Å²) in [4.78, 5) is 29.6. The quantitative estimate of drug-likeness (QED) is 0.0724. The van der Waals surface area contributed by atoms with E-state index in [1.54, 1.807) is 7.11 Å². The summed E-state index contributed by atoms with van der Waals surface area (Å²) in [5.41, 5.74) is 9.90. The summed E-state index contributed by atoms with van der Waals surface area (Å²) in [5, 5.41) is 0. The van der Waals surface area contributed by atoms with E-state index in [0.717, 1.165) is 61.6 Å². The molecule has 0 aromatic heterocycles. The molecular formula is C75H105NO14. The van der Waals surface area contributed by atoms with Gasteiger partial charge in [0, 0.05) is 30.4 Å². The molecule has 0 spiro atoms. The van der Waals surface area contributed by atoms with E-state index in [2.05, 4.69) is 85.7 Å². The van der Waals surface area contributed by atoms with Crippen LogP contribution < -0.4 is 5.73 Å². The van der Waals surface area contributed by atoms with Gasteiger partial charge in [0.25, 0.3) is 0 Å². The van der Waals surface area contributed by atoms with E-state index in [0.29, 0.717) is 50.4 Å². The second-order valence-corrected chi connectivity index (χ2v) is 31.1. The Balaban J connectivity index is 0.823. The van der Waals surface area contributed by atoms with E-state index >= 15 is 4.79 Å². The van der Waals surface area contributed by atoms with Crippen LogP contribution in [0.1, 0.15) is 158 Å². The lowest BCUT2D eigenvalue weighted by Crippen LogP contribution is -2.68. The molecule has 3 aromatic rings. The molecule has 4 aliphatic heterocycles. The minimum atomic E-state index is -1.23. The summed E-state index contributed by atoms with van der Waals surface area (Å²) >= 11 is 0. The van der Waals surface area contributed by atoms with Crippen LogP contribution in [0.15, 0.2) is 103 Å². The Hall–Kier alpha value is -3.94. The molecule has 0 bridgehead atoms. The maximum Gasteiger partial charge on any atom is 0.317 e. The Morgan fingerprint density at radius 1 is 0.667 bits per heavy atom. The summed E-state index contributed by atoms with van der Waals surface area (Å²) in [7, 11) is 1.79. The highest BCUT2D eigenvalue weighted by atomic mass is 16.8. The second kappa shape index (κ2) is 25.7. The smallest absolute Gasteiger partial charge is 0.317 e. The fraction of sp³-hybridized carbons (Fsp3) is 0.707. The number of rotatable bonds is 18. The number of hydrogen-bond donors (Lipinski definition) is 1. The van der Waals surface area contributed by atoms with Crippen LogP contribution in [0.3, 0.4) is 0 Å². The number of fused-ring (bicyclic) bond motifs is 8. The lowest BCUT2D eigenvalue weighted by atomic mass is 9.33. The van der Waals surface area contributed by atoms with Crippen LogP contribution in [-0.4, -0.2) is 118 Å². The van der Waals surface area contributed by atoms with Crippen molar-refractivity contribution in [2.24, 2.45) is 73.7 Å². The highest BCUT2D eigenvalue weighted by Gasteiger charge is 2.72. The lowest BCUT2D eigenvalue weighted by molar-refractivity contribution is -0.354. The first-order valence-corrected chi connectivity index (χ1v) is 34.1. The zero-order valence-corrected chi connectivity index (χ0v) is 56.0. The van der Waals surface area contributed by atoms with Gasteiger partial charge in [-0.25, -0.2) is 0 Å². The molecule has 12 rings (SSSR count). The number of methoxy groups -OCH3 is 1. The Bertz CT molecular complexity index is 2980. The molecule has 494 valence electrons. The Morgan fingerprint density at radius 2 is 1.30 bits per heavy atom. The maximum absolute atomic E-state index is 16.4. The van der Waals surface area contributed by atoms with Crippen molar-refractivity contribution in [2.45, 2.75) is 246 Å². The number of nitrogens with two attached hydrogens (primary N) is 1. The molecule has 4 heterocycles. The molecule has 3 aromatic carbocycles. The Morgan fingerprint density at radius 3 is 1.96 bits per heavy atom. The summed E-state index contributed by atoms with van der Waals surface area (Å²) < 4.78 is 82.3. The molecular weight excluding hydrogens is 1140 g/mol. The number of ether oxygens (including phenoxy) is 12. The molecule has 8 fully saturated rings. The summed E-state index contributed by atoms with van der Waals surface area (Å²) in [5.74, 6) is -1.26. The van der Waals surface area contributed by atoms with Gasteiger partial charge < -0.3 is 67.4 Å². The van der Waals surface area contributed by atoms with Crippen LogP contribution in [-0.2, 0) is 86.3 Å². The number of carbonyl (C=O) groups excluding carboxylic acids is 2. The number of benzene rings is 3. The Kier molecular flexibility index (Phi) is 18.8. The van der Waals surface area contributed by atoms with E-state index < -0.39 is 84.8 Å². The van der Waals surface area contributed by atoms with Gasteiger partial charge in [-0.2, -0.15) is 0 Å². The molecule has 2 N–H and O–H groups in total. The van der Waals surface area contributed by atoms with E-state index in [9.17, 15) is 4.79 Å². The van der Waals surface area contributed by atoms with E-state index in [4.69, 9.17) is 62.6 Å². The first kappa shape index (κ1) is 66.1. The van der Waals surface area contributed by atoms with Gasteiger partial charge in [-0.3, -0.25) is 4.79 Å². The molecule has 24 atom stereocenters.